The first-order chi connectivity index (χ1) is 9.52. The van der Waals surface area contributed by atoms with Gasteiger partial charge in [-0.2, -0.15) is 5.10 Å². The van der Waals surface area contributed by atoms with Crippen LogP contribution in [0.15, 0.2) is 36.7 Å². The van der Waals surface area contributed by atoms with Crippen molar-refractivity contribution in [1.29, 1.82) is 0 Å². The maximum absolute atomic E-state index is 9.64. The van der Waals surface area contributed by atoms with Gasteiger partial charge < -0.3 is 9.67 Å². The topological polar surface area (TPSA) is 49.9 Å². The second kappa shape index (κ2) is 6.69. The smallest absolute Gasteiger partial charge is 0.210 e. The van der Waals surface area contributed by atoms with Gasteiger partial charge in [-0.15, -0.1) is 16.4 Å². The highest BCUT2D eigenvalue weighted by Crippen LogP contribution is 2.32. The quantitative estimate of drug-likeness (QED) is 0.593. The third-order valence-corrected chi connectivity index (χ3v) is 4.88. The monoisotopic (exact) mass is 417 g/mol. The Hall–Kier alpha value is -0.920. The fourth-order valence-corrected chi connectivity index (χ4v) is 3.80. The van der Waals surface area contributed by atoms with E-state index in [9.17, 15) is 5.11 Å². The van der Waals surface area contributed by atoms with Crippen LogP contribution >= 0.6 is 43.2 Å². The van der Waals surface area contributed by atoms with E-state index in [4.69, 9.17) is 0 Å². The Bertz CT molecular complexity index is 696. The Labute approximate surface area is 137 Å². The molecule has 1 heterocycles. The lowest BCUT2D eigenvalue weighted by Gasteiger charge is -2.01. The van der Waals surface area contributed by atoms with Crippen molar-refractivity contribution < 1.29 is 5.11 Å². The molecule has 0 amide bonds. The van der Waals surface area contributed by atoms with Crippen molar-refractivity contribution in [1.82, 2.24) is 4.57 Å². The zero-order valence-electron chi connectivity index (χ0n) is 11.0. The molecular formula is C13H13Br2N3OS. The first-order valence-corrected chi connectivity index (χ1v) is 8.39. The normalized spacial score (nSPS) is 12.5. The Morgan fingerprint density at radius 1 is 1.35 bits per heavy atom. The zero-order chi connectivity index (χ0) is 14.7. The number of phenolic OH excluding ortho intramolecular Hbond substituents is 1. The summed E-state index contributed by atoms with van der Waals surface area (Å²) in [6.45, 7) is 5.01. The largest absolute Gasteiger partial charge is 0.506 e. The molecule has 0 fully saturated rings. The molecule has 0 aliphatic carbocycles. The molecule has 0 aliphatic rings. The molecule has 0 aliphatic heterocycles. The van der Waals surface area contributed by atoms with Crippen molar-refractivity contribution in [2.24, 2.45) is 10.2 Å². The summed E-state index contributed by atoms with van der Waals surface area (Å²) in [5.74, 6) is 0.178. The van der Waals surface area contributed by atoms with Gasteiger partial charge in [-0.3, -0.25) is 0 Å². The van der Waals surface area contributed by atoms with Crippen LogP contribution in [0.3, 0.4) is 0 Å². The number of aromatic nitrogens is 1. The van der Waals surface area contributed by atoms with Crippen molar-refractivity contribution in [2.45, 2.75) is 20.4 Å². The molecule has 7 heteroatoms. The van der Waals surface area contributed by atoms with E-state index in [1.165, 1.54) is 5.69 Å². The summed E-state index contributed by atoms with van der Waals surface area (Å²) in [5.41, 5.74) is 2.03. The molecule has 2 aromatic rings. The van der Waals surface area contributed by atoms with Gasteiger partial charge in [-0.25, -0.2) is 0 Å². The van der Waals surface area contributed by atoms with E-state index >= 15 is 0 Å². The highest BCUT2D eigenvalue weighted by atomic mass is 79.9. The number of benzene rings is 1. The predicted octanol–water partition coefficient (Wildman–Crippen LogP) is 4.04. The number of nitrogens with zero attached hydrogens (tertiary/aromatic N) is 3. The summed E-state index contributed by atoms with van der Waals surface area (Å²) >= 11 is 8.14. The third kappa shape index (κ3) is 3.39. The van der Waals surface area contributed by atoms with E-state index in [-0.39, 0.29) is 5.75 Å². The molecule has 0 radical (unpaired) electrons. The Morgan fingerprint density at radius 3 is 2.60 bits per heavy atom. The second-order valence-corrected chi connectivity index (χ2v) is 6.63. The second-order valence-electron chi connectivity index (χ2n) is 4.08. The first kappa shape index (κ1) is 15.5. The van der Waals surface area contributed by atoms with Crippen LogP contribution < -0.4 is 4.80 Å². The van der Waals surface area contributed by atoms with Gasteiger partial charge in [0.1, 0.15) is 5.75 Å². The fraction of sp³-hybridized carbons (Fsp3) is 0.231. The molecular weight excluding hydrogens is 406 g/mol. The maximum atomic E-state index is 9.64. The van der Waals surface area contributed by atoms with E-state index in [1.807, 2.05) is 0 Å². The van der Waals surface area contributed by atoms with Gasteiger partial charge in [0.05, 0.1) is 15.2 Å². The fourth-order valence-electron chi connectivity index (χ4n) is 1.68. The van der Waals surface area contributed by atoms with Crippen LogP contribution in [0.5, 0.6) is 5.75 Å². The van der Waals surface area contributed by atoms with Crippen LogP contribution in [0.4, 0.5) is 0 Å². The molecule has 0 atom stereocenters. The number of aromatic hydroxyl groups is 1. The lowest BCUT2D eigenvalue weighted by Crippen LogP contribution is -2.14. The van der Waals surface area contributed by atoms with Gasteiger partial charge in [-0.1, -0.05) is 0 Å². The average Bonchev–Trinajstić information content (AvgIpc) is 2.76. The van der Waals surface area contributed by atoms with Crippen molar-refractivity contribution in [3.8, 4) is 5.75 Å². The molecule has 0 saturated heterocycles. The van der Waals surface area contributed by atoms with Crippen LogP contribution in [0.25, 0.3) is 0 Å². The van der Waals surface area contributed by atoms with Crippen LogP contribution in [0.1, 0.15) is 18.2 Å². The molecule has 1 N–H and O–H groups in total. The molecule has 2 rings (SSSR count). The van der Waals surface area contributed by atoms with Gasteiger partial charge in [0.15, 0.2) is 0 Å². The minimum Gasteiger partial charge on any atom is -0.506 e. The number of thiazole rings is 1. The van der Waals surface area contributed by atoms with Crippen LogP contribution in [-0.2, 0) is 6.54 Å². The van der Waals surface area contributed by atoms with Crippen molar-refractivity contribution in [3.05, 3.63) is 42.5 Å². The van der Waals surface area contributed by atoms with Gasteiger partial charge in [0.25, 0.3) is 0 Å². The van der Waals surface area contributed by atoms with Crippen LogP contribution in [0, 0.1) is 6.92 Å². The SMILES string of the molecule is CCn1c(C)cs/c1=N/N=C/c1cc(Br)c(O)c(Br)c1. The number of rotatable bonds is 3. The van der Waals surface area contributed by atoms with Gasteiger partial charge in [0, 0.05) is 17.6 Å². The van der Waals surface area contributed by atoms with Gasteiger partial charge >= 0.3 is 0 Å². The molecule has 106 valence electrons. The van der Waals surface area contributed by atoms with Crippen molar-refractivity contribution in [2.75, 3.05) is 0 Å². The van der Waals surface area contributed by atoms with E-state index < -0.39 is 0 Å². The lowest BCUT2D eigenvalue weighted by molar-refractivity contribution is 0.468. The highest BCUT2D eigenvalue weighted by Gasteiger charge is 2.04. The van der Waals surface area contributed by atoms with Gasteiger partial charge in [-0.05, 0) is 63.4 Å². The summed E-state index contributed by atoms with van der Waals surface area (Å²) in [7, 11) is 0. The molecule has 4 nitrogen and oxygen atoms in total. The average molecular weight is 419 g/mol. The van der Waals surface area contributed by atoms with Crippen LogP contribution in [0.2, 0.25) is 0 Å². The van der Waals surface area contributed by atoms with E-state index in [0.717, 1.165) is 16.9 Å². The molecule has 0 spiro atoms. The Balaban J connectivity index is 2.30. The van der Waals surface area contributed by atoms with Crippen LogP contribution in [-0.4, -0.2) is 15.9 Å². The molecule has 0 saturated carbocycles. The summed E-state index contributed by atoms with van der Waals surface area (Å²) in [5, 5.41) is 20.0. The van der Waals surface area contributed by atoms with E-state index in [1.54, 1.807) is 29.7 Å². The lowest BCUT2D eigenvalue weighted by atomic mass is 10.2. The minimum atomic E-state index is 0.178. The summed E-state index contributed by atoms with van der Waals surface area (Å²) in [6, 6.07) is 3.57. The molecule has 1 aromatic heterocycles. The standard InChI is InChI=1S/C13H13Br2N3OS/c1-3-18-8(2)7-20-13(18)17-16-6-9-4-10(14)12(19)11(15)5-9/h4-7,19H,3H2,1-2H3/b16-6+,17-13+. The number of phenols is 1. The Morgan fingerprint density at radius 2 is 2.00 bits per heavy atom. The zero-order valence-corrected chi connectivity index (χ0v) is 15.0. The minimum absolute atomic E-state index is 0.178. The number of halogens is 2. The van der Waals surface area contributed by atoms with E-state index in [0.29, 0.717) is 8.95 Å². The van der Waals surface area contributed by atoms with Crippen molar-refractivity contribution in [3.63, 3.8) is 0 Å². The summed E-state index contributed by atoms with van der Waals surface area (Å²) < 4.78 is 3.33. The molecule has 1 aromatic carbocycles. The van der Waals surface area contributed by atoms with Gasteiger partial charge in [0.2, 0.25) is 4.80 Å². The first-order valence-electron chi connectivity index (χ1n) is 5.93. The maximum Gasteiger partial charge on any atom is 0.210 e. The highest BCUT2D eigenvalue weighted by molar-refractivity contribution is 9.11. The molecule has 0 bridgehead atoms. The number of aryl methyl sites for hydroxylation is 1. The summed E-state index contributed by atoms with van der Waals surface area (Å²) in [4.78, 5) is 0.873. The third-order valence-electron chi connectivity index (χ3n) is 2.70. The van der Waals surface area contributed by atoms with Crippen molar-refractivity contribution >= 4 is 49.4 Å². The molecule has 0 unspecified atom stereocenters. The summed E-state index contributed by atoms with van der Waals surface area (Å²) in [6.07, 6.45) is 1.66. The Kier molecular flexibility index (Phi) is 5.17. The molecule has 20 heavy (non-hydrogen) atoms. The number of hydrogen-bond donors (Lipinski definition) is 1. The van der Waals surface area contributed by atoms with E-state index in [2.05, 4.69) is 65.9 Å². The number of hydrogen-bond acceptors (Lipinski definition) is 4. The predicted molar refractivity (Wildman–Crippen MR) is 89.4 cm³/mol.